The molecule has 1 aromatic carbocycles. The van der Waals surface area contributed by atoms with Crippen LogP contribution in [0, 0.1) is 0 Å². The van der Waals surface area contributed by atoms with Crippen molar-refractivity contribution in [1.29, 1.82) is 0 Å². The van der Waals surface area contributed by atoms with Gasteiger partial charge in [0, 0.05) is 23.6 Å². The van der Waals surface area contributed by atoms with Crippen LogP contribution in [0.4, 0.5) is 0 Å². The molecule has 0 aliphatic heterocycles. The molecule has 2 nitrogen and oxygen atoms in total. The SMILES string of the molecule is CCCCN(CCCC)CCC(=O)c1cccc(Cl)c1. The third-order valence-corrected chi connectivity index (χ3v) is 3.69. The molecular weight excluding hydrogens is 270 g/mol. The monoisotopic (exact) mass is 295 g/mol. The van der Waals surface area contributed by atoms with Crippen molar-refractivity contribution in [3.63, 3.8) is 0 Å². The van der Waals surface area contributed by atoms with Crippen LogP contribution in [0.2, 0.25) is 5.02 Å². The van der Waals surface area contributed by atoms with E-state index >= 15 is 0 Å². The average Bonchev–Trinajstić information content (AvgIpc) is 2.46. The zero-order valence-electron chi connectivity index (χ0n) is 12.7. The number of carbonyl (C=O) groups excluding carboxylic acids is 1. The van der Waals surface area contributed by atoms with E-state index in [1.165, 1.54) is 25.7 Å². The molecule has 0 aliphatic carbocycles. The number of benzene rings is 1. The van der Waals surface area contributed by atoms with Crippen LogP contribution in [-0.4, -0.2) is 30.3 Å². The topological polar surface area (TPSA) is 20.3 Å². The first-order valence-corrected chi connectivity index (χ1v) is 8.06. The normalized spacial score (nSPS) is 11.0. The van der Waals surface area contributed by atoms with E-state index in [1.807, 2.05) is 12.1 Å². The fourth-order valence-corrected chi connectivity index (χ4v) is 2.36. The van der Waals surface area contributed by atoms with Crippen LogP contribution in [0.25, 0.3) is 0 Å². The summed E-state index contributed by atoms with van der Waals surface area (Å²) < 4.78 is 0. The fourth-order valence-electron chi connectivity index (χ4n) is 2.16. The molecule has 0 radical (unpaired) electrons. The van der Waals surface area contributed by atoms with Crippen LogP contribution >= 0.6 is 11.6 Å². The maximum absolute atomic E-state index is 12.2. The van der Waals surface area contributed by atoms with Crippen molar-refractivity contribution in [3.8, 4) is 0 Å². The van der Waals surface area contributed by atoms with Gasteiger partial charge in [-0.2, -0.15) is 0 Å². The van der Waals surface area contributed by atoms with E-state index in [0.717, 1.165) is 25.2 Å². The van der Waals surface area contributed by atoms with Crippen molar-refractivity contribution >= 4 is 17.4 Å². The Bertz CT molecular complexity index is 398. The van der Waals surface area contributed by atoms with Crippen molar-refractivity contribution < 1.29 is 4.79 Å². The zero-order chi connectivity index (χ0) is 14.8. The van der Waals surface area contributed by atoms with Crippen molar-refractivity contribution in [2.24, 2.45) is 0 Å². The number of unbranched alkanes of at least 4 members (excludes halogenated alkanes) is 2. The zero-order valence-corrected chi connectivity index (χ0v) is 13.5. The molecule has 0 spiro atoms. The molecule has 0 aliphatic rings. The van der Waals surface area contributed by atoms with Crippen molar-refractivity contribution in [1.82, 2.24) is 4.90 Å². The number of halogens is 1. The third-order valence-electron chi connectivity index (χ3n) is 3.46. The Morgan fingerprint density at radius 1 is 1.10 bits per heavy atom. The van der Waals surface area contributed by atoms with Crippen molar-refractivity contribution in [2.75, 3.05) is 19.6 Å². The lowest BCUT2D eigenvalue weighted by atomic mass is 10.1. The molecule has 0 heterocycles. The first kappa shape index (κ1) is 17.2. The predicted molar refractivity (Wildman–Crippen MR) is 86.7 cm³/mol. The molecule has 0 N–H and O–H groups in total. The van der Waals surface area contributed by atoms with Gasteiger partial charge < -0.3 is 4.90 Å². The van der Waals surface area contributed by atoms with E-state index in [4.69, 9.17) is 11.6 Å². The molecule has 0 bridgehead atoms. The van der Waals surface area contributed by atoms with Crippen LogP contribution in [0.1, 0.15) is 56.3 Å². The summed E-state index contributed by atoms with van der Waals surface area (Å²) in [5, 5.41) is 0.629. The van der Waals surface area contributed by atoms with E-state index in [1.54, 1.807) is 12.1 Å². The Morgan fingerprint density at radius 3 is 2.30 bits per heavy atom. The Morgan fingerprint density at radius 2 is 1.75 bits per heavy atom. The minimum absolute atomic E-state index is 0.186. The van der Waals surface area contributed by atoms with Gasteiger partial charge in [-0.3, -0.25) is 4.79 Å². The number of ketones is 1. The van der Waals surface area contributed by atoms with Gasteiger partial charge in [-0.15, -0.1) is 0 Å². The smallest absolute Gasteiger partial charge is 0.164 e. The second-order valence-electron chi connectivity index (χ2n) is 5.23. The summed E-state index contributed by atoms with van der Waals surface area (Å²) in [6.07, 6.45) is 5.38. The summed E-state index contributed by atoms with van der Waals surface area (Å²) in [5.74, 6) is 0.186. The van der Waals surface area contributed by atoms with Gasteiger partial charge in [0.25, 0.3) is 0 Å². The molecule has 0 fully saturated rings. The number of Topliss-reactive ketones (excluding diaryl/α,β-unsaturated/α-hetero) is 1. The molecular formula is C17H26ClNO. The highest BCUT2D eigenvalue weighted by atomic mass is 35.5. The maximum atomic E-state index is 12.2. The van der Waals surface area contributed by atoms with Crippen molar-refractivity contribution in [2.45, 2.75) is 46.0 Å². The van der Waals surface area contributed by atoms with Gasteiger partial charge in [0.15, 0.2) is 5.78 Å². The number of nitrogens with zero attached hydrogens (tertiary/aromatic N) is 1. The molecule has 0 amide bonds. The number of rotatable bonds is 10. The minimum atomic E-state index is 0.186. The van der Waals surface area contributed by atoms with E-state index in [2.05, 4.69) is 18.7 Å². The van der Waals surface area contributed by atoms with Crippen LogP contribution in [0.5, 0.6) is 0 Å². The second kappa shape index (κ2) is 9.95. The summed E-state index contributed by atoms with van der Waals surface area (Å²) in [7, 11) is 0. The molecule has 0 saturated carbocycles. The molecule has 0 unspecified atom stereocenters. The van der Waals surface area contributed by atoms with Gasteiger partial charge >= 0.3 is 0 Å². The standard InChI is InChI=1S/C17H26ClNO/c1-3-5-11-19(12-6-4-2)13-10-17(20)15-8-7-9-16(18)14-15/h7-9,14H,3-6,10-13H2,1-2H3. The van der Waals surface area contributed by atoms with Gasteiger partial charge in [-0.05, 0) is 38.1 Å². The summed E-state index contributed by atoms with van der Waals surface area (Å²) in [6, 6.07) is 7.23. The van der Waals surface area contributed by atoms with Gasteiger partial charge in [0.05, 0.1) is 0 Å². The highest BCUT2D eigenvalue weighted by Crippen LogP contribution is 2.13. The lowest BCUT2D eigenvalue weighted by molar-refractivity contribution is 0.0963. The lowest BCUT2D eigenvalue weighted by Crippen LogP contribution is -2.28. The first-order chi connectivity index (χ1) is 9.67. The molecule has 0 atom stereocenters. The summed E-state index contributed by atoms with van der Waals surface area (Å²) in [5.41, 5.74) is 0.725. The molecule has 0 saturated heterocycles. The van der Waals surface area contributed by atoms with Gasteiger partial charge in [0.1, 0.15) is 0 Å². The molecule has 0 aromatic heterocycles. The van der Waals surface area contributed by atoms with Crippen LogP contribution in [0.3, 0.4) is 0 Å². The molecule has 1 rings (SSSR count). The molecule has 1 aromatic rings. The Balaban J connectivity index is 2.46. The molecule has 20 heavy (non-hydrogen) atoms. The van der Waals surface area contributed by atoms with Gasteiger partial charge in [-0.25, -0.2) is 0 Å². The molecule has 112 valence electrons. The largest absolute Gasteiger partial charge is 0.303 e. The van der Waals surface area contributed by atoms with E-state index in [0.29, 0.717) is 11.4 Å². The quantitative estimate of drug-likeness (QED) is 0.577. The third kappa shape index (κ3) is 6.53. The highest BCUT2D eigenvalue weighted by molar-refractivity contribution is 6.31. The summed E-state index contributed by atoms with van der Waals surface area (Å²) >= 11 is 5.93. The lowest BCUT2D eigenvalue weighted by Gasteiger charge is -2.21. The number of hydrogen-bond donors (Lipinski definition) is 0. The van der Waals surface area contributed by atoms with Crippen LogP contribution < -0.4 is 0 Å². The average molecular weight is 296 g/mol. The predicted octanol–water partition coefficient (Wildman–Crippen LogP) is 4.82. The minimum Gasteiger partial charge on any atom is -0.303 e. The number of hydrogen-bond acceptors (Lipinski definition) is 2. The Labute approximate surface area is 128 Å². The number of carbonyl (C=O) groups is 1. The summed E-state index contributed by atoms with van der Waals surface area (Å²) in [4.78, 5) is 14.6. The van der Waals surface area contributed by atoms with Gasteiger partial charge in [-0.1, -0.05) is 50.4 Å². The second-order valence-corrected chi connectivity index (χ2v) is 5.67. The Hall–Kier alpha value is -0.860. The first-order valence-electron chi connectivity index (χ1n) is 7.68. The summed E-state index contributed by atoms with van der Waals surface area (Å²) in [6.45, 7) is 7.45. The van der Waals surface area contributed by atoms with E-state index in [-0.39, 0.29) is 5.78 Å². The van der Waals surface area contributed by atoms with E-state index in [9.17, 15) is 4.79 Å². The van der Waals surface area contributed by atoms with Gasteiger partial charge in [0.2, 0.25) is 0 Å². The highest BCUT2D eigenvalue weighted by Gasteiger charge is 2.10. The van der Waals surface area contributed by atoms with Crippen molar-refractivity contribution in [3.05, 3.63) is 34.9 Å². The molecule has 3 heteroatoms. The maximum Gasteiger partial charge on any atom is 0.164 e. The fraction of sp³-hybridized carbons (Fsp3) is 0.588. The Kier molecular flexibility index (Phi) is 8.56. The van der Waals surface area contributed by atoms with E-state index < -0.39 is 0 Å². The van der Waals surface area contributed by atoms with Crippen LogP contribution in [-0.2, 0) is 0 Å². The van der Waals surface area contributed by atoms with Crippen LogP contribution in [0.15, 0.2) is 24.3 Å².